The lowest BCUT2D eigenvalue weighted by Crippen LogP contribution is -2.02. The highest BCUT2D eigenvalue weighted by molar-refractivity contribution is 5.28. The summed E-state index contributed by atoms with van der Waals surface area (Å²) in [5.41, 5.74) is 0.833. The molecule has 0 aliphatic carbocycles. The van der Waals surface area contributed by atoms with Crippen LogP contribution >= 0.6 is 0 Å². The van der Waals surface area contributed by atoms with Crippen molar-refractivity contribution in [3.05, 3.63) is 41.2 Å². The second-order valence-corrected chi connectivity index (χ2v) is 2.66. The molecular weight excluding hydrogens is 188 g/mol. The second-order valence-electron chi connectivity index (χ2n) is 2.66. The van der Waals surface area contributed by atoms with Gasteiger partial charge in [-0.1, -0.05) is 12.1 Å². The Labute approximate surface area is 80.9 Å². The van der Waals surface area contributed by atoms with Crippen LogP contribution in [-0.4, -0.2) is 13.2 Å². The fourth-order valence-corrected chi connectivity index (χ4v) is 1.06. The zero-order chi connectivity index (χ0) is 10.4. The van der Waals surface area contributed by atoms with Crippen molar-refractivity contribution >= 4 is 0 Å². The molecule has 0 bridgehead atoms. The van der Waals surface area contributed by atoms with Crippen molar-refractivity contribution < 1.29 is 13.5 Å². The molecule has 0 aliphatic rings. The monoisotopic (exact) mass is 197 g/mol. The molecule has 0 unspecified atom stereocenters. The fraction of sp³-hybridized carbons (Fsp3) is 0.300. The lowest BCUT2D eigenvalue weighted by Gasteiger charge is -2.04. The minimum atomic E-state index is -2.80. The maximum absolute atomic E-state index is 11.8. The van der Waals surface area contributed by atoms with Crippen LogP contribution in [0.25, 0.3) is 4.85 Å². The Bertz CT molecular complexity index is 333. The average Bonchev–Trinajstić information content (AvgIpc) is 2.14. The molecule has 0 heterocycles. The van der Waals surface area contributed by atoms with Crippen LogP contribution in [0.2, 0.25) is 0 Å². The van der Waals surface area contributed by atoms with E-state index >= 15 is 0 Å². The summed E-state index contributed by atoms with van der Waals surface area (Å²) in [6.45, 7) is 4.15. The molecule has 0 aliphatic heterocycles. The van der Waals surface area contributed by atoms with Crippen molar-refractivity contribution in [3.8, 4) is 5.75 Å². The molecule has 0 spiro atoms. The summed E-state index contributed by atoms with van der Waals surface area (Å²) in [7, 11) is 0. The molecule has 4 heteroatoms. The fourth-order valence-electron chi connectivity index (χ4n) is 1.06. The van der Waals surface area contributed by atoms with Crippen LogP contribution in [0.1, 0.15) is 5.56 Å². The third-order valence-corrected chi connectivity index (χ3v) is 1.64. The highest BCUT2D eigenvalue weighted by Gasteiger charge is 2.04. The lowest BCUT2D eigenvalue weighted by atomic mass is 10.1. The maximum Gasteiger partial charge on any atom is 0.387 e. The molecule has 14 heavy (non-hydrogen) atoms. The van der Waals surface area contributed by atoms with E-state index in [-0.39, 0.29) is 5.75 Å². The Morgan fingerprint density at radius 3 is 2.86 bits per heavy atom. The van der Waals surface area contributed by atoms with Gasteiger partial charge in [-0.05, 0) is 17.7 Å². The molecule has 0 saturated carbocycles. The van der Waals surface area contributed by atoms with Gasteiger partial charge in [-0.2, -0.15) is 8.78 Å². The number of ether oxygens (including phenoxy) is 1. The van der Waals surface area contributed by atoms with Gasteiger partial charge in [-0.3, -0.25) is 0 Å². The Balaban J connectivity index is 2.65. The van der Waals surface area contributed by atoms with Crippen molar-refractivity contribution in [2.45, 2.75) is 13.0 Å². The molecule has 0 atom stereocenters. The molecular formula is C10H9F2NO. The van der Waals surface area contributed by atoms with Crippen LogP contribution in [0.4, 0.5) is 8.78 Å². The molecule has 0 N–H and O–H groups in total. The van der Waals surface area contributed by atoms with E-state index in [0.29, 0.717) is 13.0 Å². The lowest BCUT2D eigenvalue weighted by molar-refractivity contribution is -0.0498. The molecule has 2 nitrogen and oxygen atoms in total. The first kappa shape index (κ1) is 10.5. The average molecular weight is 197 g/mol. The molecule has 0 aromatic heterocycles. The number of nitrogens with zero attached hydrogens (tertiary/aromatic N) is 1. The van der Waals surface area contributed by atoms with Crippen molar-refractivity contribution in [1.29, 1.82) is 0 Å². The van der Waals surface area contributed by atoms with Crippen LogP contribution in [0, 0.1) is 6.57 Å². The van der Waals surface area contributed by atoms with E-state index in [0.717, 1.165) is 5.56 Å². The van der Waals surface area contributed by atoms with E-state index in [1.807, 2.05) is 0 Å². The van der Waals surface area contributed by atoms with Crippen molar-refractivity contribution in [2.24, 2.45) is 0 Å². The standard InChI is InChI=1S/C10H9F2NO/c1-13-6-5-8-3-2-4-9(7-8)14-10(11)12/h2-4,7,10H,5-6H2. The van der Waals surface area contributed by atoms with E-state index in [2.05, 4.69) is 9.58 Å². The summed E-state index contributed by atoms with van der Waals surface area (Å²) < 4.78 is 27.9. The van der Waals surface area contributed by atoms with Crippen LogP contribution in [-0.2, 0) is 6.42 Å². The third-order valence-electron chi connectivity index (χ3n) is 1.64. The molecule has 1 rings (SSSR count). The van der Waals surface area contributed by atoms with E-state index in [4.69, 9.17) is 6.57 Å². The number of hydrogen-bond donors (Lipinski definition) is 0. The molecule has 1 aromatic rings. The van der Waals surface area contributed by atoms with Gasteiger partial charge in [0.1, 0.15) is 5.75 Å². The Hall–Kier alpha value is -1.63. The smallest absolute Gasteiger partial charge is 0.387 e. The van der Waals surface area contributed by atoms with Crippen LogP contribution in [0.5, 0.6) is 5.75 Å². The van der Waals surface area contributed by atoms with Gasteiger partial charge in [0.2, 0.25) is 6.54 Å². The van der Waals surface area contributed by atoms with Gasteiger partial charge in [-0.15, -0.1) is 0 Å². The Morgan fingerprint density at radius 1 is 1.43 bits per heavy atom. The zero-order valence-corrected chi connectivity index (χ0v) is 7.41. The Kier molecular flexibility index (Phi) is 3.86. The first-order valence-corrected chi connectivity index (χ1v) is 4.09. The molecule has 0 amide bonds. The molecule has 0 saturated heterocycles. The summed E-state index contributed by atoms with van der Waals surface area (Å²) in [5, 5.41) is 0. The third kappa shape index (κ3) is 3.40. The summed E-state index contributed by atoms with van der Waals surface area (Å²) in [6.07, 6.45) is 0.559. The first-order chi connectivity index (χ1) is 6.72. The van der Waals surface area contributed by atoms with E-state index < -0.39 is 6.61 Å². The molecule has 0 radical (unpaired) electrons. The normalized spacial score (nSPS) is 9.86. The molecule has 74 valence electrons. The summed E-state index contributed by atoms with van der Waals surface area (Å²) >= 11 is 0. The van der Waals surface area contributed by atoms with Gasteiger partial charge in [0.25, 0.3) is 0 Å². The van der Waals surface area contributed by atoms with Gasteiger partial charge >= 0.3 is 6.61 Å². The second kappa shape index (κ2) is 5.18. The van der Waals surface area contributed by atoms with Gasteiger partial charge in [-0.25, -0.2) is 6.57 Å². The van der Waals surface area contributed by atoms with Crippen molar-refractivity contribution in [2.75, 3.05) is 6.54 Å². The quantitative estimate of drug-likeness (QED) is 0.676. The number of halogens is 2. The summed E-state index contributed by atoms with van der Waals surface area (Å²) in [6, 6.07) is 6.41. The van der Waals surface area contributed by atoms with Crippen molar-refractivity contribution in [1.82, 2.24) is 0 Å². The summed E-state index contributed by atoms with van der Waals surface area (Å²) in [5.74, 6) is 0.141. The number of hydrogen-bond acceptors (Lipinski definition) is 1. The number of alkyl halides is 2. The Morgan fingerprint density at radius 2 is 2.21 bits per heavy atom. The molecule has 1 aromatic carbocycles. The van der Waals surface area contributed by atoms with Crippen LogP contribution in [0.15, 0.2) is 24.3 Å². The highest BCUT2D eigenvalue weighted by Crippen LogP contribution is 2.16. The predicted molar refractivity (Wildman–Crippen MR) is 48.2 cm³/mol. The largest absolute Gasteiger partial charge is 0.435 e. The van der Waals surface area contributed by atoms with E-state index in [1.165, 1.54) is 12.1 Å². The van der Waals surface area contributed by atoms with Crippen LogP contribution in [0.3, 0.4) is 0 Å². The zero-order valence-electron chi connectivity index (χ0n) is 7.41. The minimum Gasteiger partial charge on any atom is -0.435 e. The number of rotatable bonds is 4. The predicted octanol–water partition coefficient (Wildman–Crippen LogP) is 2.75. The van der Waals surface area contributed by atoms with E-state index in [1.54, 1.807) is 12.1 Å². The number of benzene rings is 1. The van der Waals surface area contributed by atoms with Gasteiger partial charge < -0.3 is 9.58 Å². The van der Waals surface area contributed by atoms with Gasteiger partial charge in [0, 0.05) is 6.42 Å². The van der Waals surface area contributed by atoms with E-state index in [9.17, 15) is 8.78 Å². The van der Waals surface area contributed by atoms with Crippen molar-refractivity contribution in [3.63, 3.8) is 0 Å². The maximum atomic E-state index is 11.8. The first-order valence-electron chi connectivity index (χ1n) is 4.09. The van der Waals surface area contributed by atoms with Gasteiger partial charge in [0.15, 0.2) is 0 Å². The SMILES string of the molecule is [C-]#[N+]CCc1cccc(OC(F)F)c1. The minimum absolute atomic E-state index is 0.141. The van der Waals surface area contributed by atoms with Crippen LogP contribution < -0.4 is 4.74 Å². The highest BCUT2D eigenvalue weighted by atomic mass is 19.3. The van der Waals surface area contributed by atoms with Gasteiger partial charge in [0.05, 0.1) is 0 Å². The summed E-state index contributed by atoms with van der Waals surface area (Å²) in [4.78, 5) is 3.18. The molecule has 0 fully saturated rings. The topological polar surface area (TPSA) is 13.6 Å².